The summed E-state index contributed by atoms with van der Waals surface area (Å²) >= 11 is 0. The van der Waals surface area contributed by atoms with E-state index in [1.807, 2.05) is 6.92 Å². The van der Waals surface area contributed by atoms with Gasteiger partial charge in [-0.1, -0.05) is 6.07 Å². The number of hydrogen-bond donors (Lipinski definition) is 1. The van der Waals surface area contributed by atoms with Gasteiger partial charge in [0.2, 0.25) is 0 Å². The van der Waals surface area contributed by atoms with Crippen LogP contribution in [0.4, 0.5) is 10.1 Å². The second-order valence-electron chi connectivity index (χ2n) is 5.52. The average Bonchev–Trinajstić information content (AvgIpc) is 3.24. The van der Waals surface area contributed by atoms with E-state index >= 15 is 0 Å². The molecule has 0 aliphatic heterocycles. The van der Waals surface area contributed by atoms with Crippen molar-refractivity contribution in [3.05, 3.63) is 72.0 Å². The van der Waals surface area contributed by atoms with Gasteiger partial charge in [-0.25, -0.2) is 13.9 Å². The van der Waals surface area contributed by atoms with Gasteiger partial charge in [-0.3, -0.25) is 4.79 Å². The summed E-state index contributed by atoms with van der Waals surface area (Å²) in [6.07, 6.45) is 1.57. The number of carbonyl (C=O) groups excluding carboxylic acids is 1. The summed E-state index contributed by atoms with van der Waals surface area (Å²) in [5, 5.41) is 7.07. The van der Waals surface area contributed by atoms with Crippen molar-refractivity contribution in [1.29, 1.82) is 0 Å². The number of furan rings is 1. The zero-order chi connectivity index (χ0) is 17.4. The molecule has 0 radical (unpaired) electrons. The molecule has 4 rings (SSSR count). The van der Waals surface area contributed by atoms with E-state index in [0.29, 0.717) is 22.8 Å². The summed E-state index contributed by atoms with van der Waals surface area (Å²) < 4.78 is 20.2. The van der Waals surface area contributed by atoms with Gasteiger partial charge in [0.15, 0.2) is 11.4 Å². The van der Waals surface area contributed by atoms with E-state index in [1.165, 1.54) is 18.2 Å². The molecule has 0 aliphatic carbocycles. The van der Waals surface area contributed by atoms with E-state index in [1.54, 1.807) is 41.1 Å². The van der Waals surface area contributed by atoms with Gasteiger partial charge in [0.25, 0.3) is 5.91 Å². The molecule has 1 aromatic carbocycles. The van der Waals surface area contributed by atoms with Crippen LogP contribution < -0.4 is 5.32 Å². The smallest absolute Gasteiger partial charge is 0.274 e. The van der Waals surface area contributed by atoms with Crippen molar-refractivity contribution in [3.8, 4) is 11.5 Å². The number of benzene rings is 1. The zero-order valence-electron chi connectivity index (χ0n) is 13.2. The third-order valence-corrected chi connectivity index (χ3v) is 3.69. The molecule has 0 atom stereocenters. The van der Waals surface area contributed by atoms with Gasteiger partial charge in [-0.15, -0.1) is 0 Å². The zero-order valence-corrected chi connectivity index (χ0v) is 13.2. The van der Waals surface area contributed by atoms with E-state index in [2.05, 4.69) is 15.4 Å². The minimum atomic E-state index is -0.420. The predicted octanol–water partition coefficient (Wildman–Crippen LogP) is 3.69. The van der Waals surface area contributed by atoms with E-state index in [9.17, 15) is 9.18 Å². The summed E-state index contributed by atoms with van der Waals surface area (Å²) in [6.45, 7) is 1.83. The highest BCUT2D eigenvalue weighted by atomic mass is 19.1. The maximum atomic E-state index is 13.2. The number of aryl methyl sites for hydroxylation is 1. The fourth-order valence-electron chi connectivity index (χ4n) is 2.55. The number of amides is 1. The number of rotatable bonds is 3. The SMILES string of the molecule is Cc1cc(C(=O)Nc2cccc(F)c2)nc2cc(-c3ccco3)nn12. The van der Waals surface area contributed by atoms with E-state index in [4.69, 9.17) is 4.42 Å². The van der Waals surface area contributed by atoms with Gasteiger partial charge in [0.05, 0.1) is 6.26 Å². The molecule has 0 spiro atoms. The Hall–Kier alpha value is -3.48. The first-order valence-electron chi connectivity index (χ1n) is 7.58. The number of nitrogens with one attached hydrogen (secondary N) is 1. The van der Waals surface area contributed by atoms with Crippen molar-refractivity contribution in [2.75, 3.05) is 5.32 Å². The molecule has 25 heavy (non-hydrogen) atoms. The lowest BCUT2D eigenvalue weighted by molar-refractivity contribution is 0.102. The second-order valence-corrected chi connectivity index (χ2v) is 5.52. The molecule has 0 saturated carbocycles. The second kappa shape index (κ2) is 5.86. The molecule has 3 heterocycles. The quantitative estimate of drug-likeness (QED) is 0.619. The van der Waals surface area contributed by atoms with Crippen LogP contribution in [0.1, 0.15) is 16.2 Å². The highest BCUT2D eigenvalue weighted by Crippen LogP contribution is 2.20. The number of nitrogens with zero attached hydrogens (tertiary/aromatic N) is 3. The normalized spacial score (nSPS) is 11.0. The van der Waals surface area contributed by atoms with Crippen LogP contribution in [0.2, 0.25) is 0 Å². The molecular weight excluding hydrogens is 323 g/mol. The molecule has 0 fully saturated rings. The molecule has 6 nitrogen and oxygen atoms in total. The molecule has 1 amide bonds. The van der Waals surface area contributed by atoms with E-state index in [0.717, 1.165) is 5.69 Å². The van der Waals surface area contributed by atoms with Gasteiger partial charge in [0.1, 0.15) is 17.2 Å². The Morgan fingerprint density at radius 2 is 2.08 bits per heavy atom. The summed E-state index contributed by atoms with van der Waals surface area (Å²) in [7, 11) is 0. The van der Waals surface area contributed by atoms with Crippen LogP contribution in [0.25, 0.3) is 17.1 Å². The number of hydrogen-bond acceptors (Lipinski definition) is 4. The topological polar surface area (TPSA) is 72.4 Å². The van der Waals surface area contributed by atoms with Crippen molar-refractivity contribution in [1.82, 2.24) is 14.6 Å². The van der Waals surface area contributed by atoms with E-state index < -0.39 is 11.7 Å². The van der Waals surface area contributed by atoms with Crippen LogP contribution in [0.15, 0.2) is 59.2 Å². The standard InChI is InChI=1S/C18H13FN4O2/c1-11-8-15(18(24)20-13-5-2-4-12(19)9-13)21-17-10-14(22-23(11)17)16-6-3-7-25-16/h2-10H,1H3,(H,20,24). The Morgan fingerprint density at radius 1 is 1.20 bits per heavy atom. The van der Waals surface area contributed by atoms with Crippen LogP contribution in [-0.4, -0.2) is 20.5 Å². The van der Waals surface area contributed by atoms with Crippen molar-refractivity contribution in [2.24, 2.45) is 0 Å². The van der Waals surface area contributed by atoms with Crippen LogP contribution in [-0.2, 0) is 0 Å². The Balaban J connectivity index is 1.69. The van der Waals surface area contributed by atoms with Gasteiger partial charge in [0, 0.05) is 17.4 Å². The summed E-state index contributed by atoms with van der Waals surface area (Å²) in [5.41, 5.74) is 2.49. The molecule has 3 aromatic heterocycles. The fourth-order valence-corrected chi connectivity index (χ4v) is 2.55. The summed E-state index contributed by atoms with van der Waals surface area (Å²) in [6, 6.07) is 12.6. The monoisotopic (exact) mass is 336 g/mol. The van der Waals surface area contributed by atoms with Crippen LogP contribution in [0.5, 0.6) is 0 Å². The van der Waals surface area contributed by atoms with Crippen LogP contribution >= 0.6 is 0 Å². The summed E-state index contributed by atoms with van der Waals surface area (Å²) in [4.78, 5) is 16.8. The van der Waals surface area contributed by atoms with Gasteiger partial charge in [-0.05, 0) is 43.3 Å². The number of anilines is 1. The maximum Gasteiger partial charge on any atom is 0.274 e. The molecule has 7 heteroatoms. The Labute approximate surface area is 141 Å². The molecule has 1 N–H and O–H groups in total. The van der Waals surface area contributed by atoms with Gasteiger partial charge < -0.3 is 9.73 Å². The Kier molecular flexibility index (Phi) is 3.53. The predicted molar refractivity (Wildman–Crippen MR) is 89.8 cm³/mol. The van der Waals surface area contributed by atoms with Gasteiger partial charge in [-0.2, -0.15) is 5.10 Å². The minimum absolute atomic E-state index is 0.222. The largest absolute Gasteiger partial charge is 0.463 e. The molecule has 0 saturated heterocycles. The van der Waals surface area contributed by atoms with E-state index in [-0.39, 0.29) is 5.69 Å². The molecular formula is C18H13FN4O2. The van der Waals surface area contributed by atoms with Crippen molar-refractivity contribution >= 4 is 17.2 Å². The Bertz CT molecular complexity index is 1070. The van der Waals surface area contributed by atoms with Crippen molar-refractivity contribution in [3.63, 3.8) is 0 Å². The molecule has 124 valence electrons. The lowest BCUT2D eigenvalue weighted by Crippen LogP contribution is -2.15. The Morgan fingerprint density at radius 3 is 2.84 bits per heavy atom. The highest BCUT2D eigenvalue weighted by molar-refractivity contribution is 6.03. The number of fused-ring (bicyclic) bond motifs is 1. The molecule has 4 aromatic rings. The first-order valence-corrected chi connectivity index (χ1v) is 7.58. The number of carbonyl (C=O) groups is 1. The third kappa shape index (κ3) is 2.87. The van der Waals surface area contributed by atoms with Crippen molar-refractivity contribution < 1.29 is 13.6 Å². The highest BCUT2D eigenvalue weighted by Gasteiger charge is 2.14. The molecule has 0 unspecified atom stereocenters. The molecule has 0 aliphatic rings. The van der Waals surface area contributed by atoms with Crippen LogP contribution in [0, 0.1) is 12.7 Å². The average molecular weight is 336 g/mol. The first kappa shape index (κ1) is 15.1. The van der Waals surface area contributed by atoms with Crippen molar-refractivity contribution in [2.45, 2.75) is 6.92 Å². The summed E-state index contributed by atoms with van der Waals surface area (Å²) in [5.74, 6) is -0.219. The maximum absolute atomic E-state index is 13.2. The lowest BCUT2D eigenvalue weighted by Gasteiger charge is -2.06. The fraction of sp³-hybridized carbons (Fsp3) is 0.0556. The minimum Gasteiger partial charge on any atom is -0.463 e. The van der Waals surface area contributed by atoms with Gasteiger partial charge >= 0.3 is 0 Å². The van der Waals surface area contributed by atoms with Crippen LogP contribution in [0.3, 0.4) is 0 Å². The molecule has 0 bridgehead atoms. The lowest BCUT2D eigenvalue weighted by atomic mass is 10.2. The number of halogens is 1. The first-order chi connectivity index (χ1) is 12.1. The number of aromatic nitrogens is 3. The third-order valence-electron chi connectivity index (χ3n) is 3.69.